The number of rotatable bonds is 11. The van der Waals surface area contributed by atoms with Crippen molar-refractivity contribution < 1.29 is 50.3 Å². The number of nitrogen functional groups attached to an aromatic ring is 1. The molecule has 0 spiro atoms. The molecule has 3 aliphatic rings. The monoisotopic (exact) mass is 895 g/mol. The number of aromatic nitrogens is 3. The van der Waals surface area contributed by atoms with E-state index in [9.17, 15) is 45.6 Å². The number of fused-ring (bicyclic) bond motifs is 2. The SMILES string of the molecule is C[C@H](Oc1cc(-c2nn(C)c3c(C#CC(=O)/N=C/C4CC(Nc5cccc6c5C(=O)N(C5CCC(=O)NC5=O)C6=O)C4)cnc(N)c23)ccc1NS(=O)(=O)C(F)F)c1ccc(F)cc1. The highest BCUT2D eigenvalue weighted by Crippen LogP contribution is 2.39. The van der Waals surface area contributed by atoms with Gasteiger partial charge in [0.15, 0.2) is 0 Å². The summed E-state index contributed by atoms with van der Waals surface area (Å²) in [6, 6.07) is 13.0. The summed E-state index contributed by atoms with van der Waals surface area (Å²) in [6.07, 6.45) is 3.20. The van der Waals surface area contributed by atoms with E-state index in [-0.39, 0.29) is 64.4 Å². The number of aliphatic imine (C=N–C) groups is 1. The molecular formula is C43H36F3N9O8S. The number of hydrogen-bond donors (Lipinski definition) is 4. The van der Waals surface area contributed by atoms with Crippen LogP contribution in [0.15, 0.2) is 71.9 Å². The molecule has 1 saturated heterocycles. The van der Waals surface area contributed by atoms with Crippen LogP contribution < -0.4 is 25.8 Å². The number of nitrogens with zero attached hydrogens (tertiary/aromatic N) is 5. The number of pyridine rings is 1. The normalized spacial score (nSPS) is 19.0. The van der Waals surface area contributed by atoms with Gasteiger partial charge in [0.2, 0.25) is 11.8 Å². The van der Waals surface area contributed by atoms with E-state index in [1.165, 1.54) is 65.6 Å². The Morgan fingerprint density at radius 3 is 2.53 bits per heavy atom. The quantitative estimate of drug-likeness (QED) is 0.0802. The third kappa shape index (κ3) is 8.34. The van der Waals surface area contributed by atoms with E-state index in [0.29, 0.717) is 40.6 Å². The maximum absolute atomic E-state index is 13.6. The van der Waals surface area contributed by atoms with Crippen molar-refractivity contribution in [3.8, 4) is 28.8 Å². The summed E-state index contributed by atoms with van der Waals surface area (Å²) >= 11 is 0. The Morgan fingerprint density at radius 2 is 1.81 bits per heavy atom. The smallest absolute Gasteiger partial charge is 0.355 e. The number of nitrogens with two attached hydrogens (primary N) is 1. The van der Waals surface area contributed by atoms with Gasteiger partial charge < -0.3 is 15.8 Å². The Hall–Kier alpha value is -7.60. The van der Waals surface area contributed by atoms with Gasteiger partial charge in [-0.3, -0.25) is 43.6 Å². The molecule has 1 saturated carbocycles. The minimum absolute atomic E-state index is 0.00683. The van der Waals surface area contributed by atoms with Gasteiger partial charge in [-0.2, -0.15) is 13.9 Å². The number of hydrogen-bond acceptors (Lipinski definition) is 12. The van der Waals surface area contributed by atoms with Crippen LogP contribution in [-0.4, -0.2) is 81.7 Å². The van der Waals surface area contributed by atoms with E-state index < -0.39 is 63.3 Å². The maximum atomic E-state index is 13.6. The number of benzene rings is 3. The van der Waals surface area contributed by atoms with E-state index in [0.717, 1.165) is 4.90 Å². The molecule has 2 aromatic heterocycles. The summed E-state index contributed by atoms with van der Waals surface area (Å²) in [4.78, 5) is 72.8. The van der Waals surface area contributed by atoms with Crippen molar-refractivity contribution in [3.05, 3.63) is 94.9 Å². The molecule has 64 heavy (non-hydrogen) atoms. The zero-order valence-electron chi connectivity index (χ0n) is 33.8. The van der Waals surface area contributed by atoms with Crippen LogP contribution in [0.4, 0.5) is 30.4 Å². The summed E-state index contributed by atoms with van der Waals surface area (Å²) in [5.41, 5.74) is 8.49. The molecule has 8 rings (SSSR count). The lowest BCUT2D eigenvalue weighted by Gasteiger charge is -2.34. The first-order chi connectivity index (χ1) is 30.5. The van der Waals surface area contributed by atoms with Gasteiger partial charge in [0.25, 0.3) is 21.8 Å². The predicted octanol–water partition coefficient (Wildman–Crippen LogP) is 4.70. The highest BCUT2D eigenvalue weighted by atomic mass is 32.2. The minimum atomic E-state index is -5.10. The van der Waals surface area contributed by atoms with Crippen molar-refractivity contribution in [1.29, 1.82) is 0 Å². The molecule has 2 atom stereocenters. The second kappa shape index (κ2) is 16.9. The molecule has 1 unspecified atom stereocenters. The second-order valence-corrected chi connectivity index (χ2v) is 16.9. The fourth-order valence-corrected chi connectivity index (χ4v) is 8.32. The number of halogens is 3. The number of sulfonamides is 1. The van der Waals surface area contributed by atoms with Crippen molar-refractivity contribution >= 4 is 73.9 Å². The van der Waals surface area contributed by atoms with Gasteiger partial charge in [-0.25, -0.2) is 22.8 Å². The molecule has 5 amide bonds. The zero-order chi connectivity index (χ0) is 45.6. The van der Waals surface area contributed by atoms with E-state index in [2.05, 4.69) is 37.5 Å². The number of alkyl halides is 2. The van der Waals surface area contributed by atoms with Crippen LogP contribution in [0, 0.1) is 23.6 Å². The van der Waals surface area contributed by atoms with Crippen molar-refractivity contribution in [2.45, 2.75) is 56.6 Å². The molecular weight excluding hydrogens is 860 g/mol. The maximum Gasteiger partial charge on any atom is 0.355 e. The van der Waals surface area contributed by atoms with Gasteiger partial charge in [-0.1, -0.05) is 30.2 Å². The number of carbonyl (C=O) groups is 5. The van der Waals surface area contributed by atoms with E-state index in [4.69, 9.17) is 10.5 Å². The molecule has 2 fully saturated rings. The summed E-state index contributed by atoms with van der Waals surface area (Å²) in [6.45, 7) is 1.60. The molecule has 21 heteroatoms. The second-order valence-electron chi connectivity index (χ2n) is 15.3. The molecule has 1 aliphatic carbocycles. The molecule has 328 valence electrons. The van der Waals surface area contributed by atoms with Crippen LogP contribution in [0.25, 0.3) is 22.2 Å². The standard InChI is InChI=1S/C43H36F3N9O8S/c1-21(23-6-10-26(44)11-7-23)63-32-18-24(8-12-29(32)53-64(61,62)43(45)46)37-36-38(54(2)52-37)25(20-49-39(36)47)9-14-33(56)48-19-22-16-27(17-22)50-30-5-3-4-28-35(30)42(60)55(41(28)59)31-13-15-34(57)51-40(31)58/h3-8,10-12,18-22,27,31,43,50,53H,13,15-17H2,1-2H3,(H2,47,49)(H,51,57,58)/b48-19+/t21-,22?,27?,31?/m0/s1. The first kappa shape index (κ1) is 43.1. The summed E-state index contributed by atoms with van der Waals surface area (Å²) < 4.78 is 74.0. The Morgan fingerprint density at radius 1 is 1.06 bits per heavy atom. The topological polar surface area (TPSA) is 237 Å². The lowest BCUT2D eigenvalue weighted by Crippen LogP contribution is -2.54. The summed E-state index contributed by atoms with van der Waals surface area (Å²) in [5, 5.41) is 10.4. The third-order valence-corrected chi connectivity index (χ3v) is 12.0. The fourth-order valence-electron chi connectivity index (χ4n) is 7.75. The predicted molar refractivity (Wildman–Crippen MR) is 226 cm³/mol. The van der Waals surface area contributed by atoms with Gasteiger partial charge >= 0.3 is 11.7 Å². The van der Waals surface area contributed by atoms with E-state index in [1.807, 2.05) is 4.72 Å². The first-order valence-corrected chi connectivity index (χ1v) is 21.2. The Labute approximate surface area is 362 Å². The Balaban J connectivity index is 0.963. The molecule has 2 aliphatic heterocycles. The number of carbonyl (C=O) groups excluding carboxylic acids is 5. The van der Waals surface area contributed by atoms with E-state index >= 15 is 0 Å². The highest BCUT2D eigenvalue weighted by molar-refractivity contribution is 7.93. The van der Waals surface area contributed by atoms with Gasteiger partial charge in [-0.15, -0.1) is 0 Å². The number of piperidine rings is 1. The molecule has 5 aromatic rings. The zero-order valence-corrected chi connectivity index (χ0v) is 34.6. The van der Waals surface area contributed by atoms with Crippen LogP contribution in [0.3, 0.4) is 0 Å². The van der Waals surface area contributed by atoms with Gasteiger partial charge in [-0.05, 0) is 74.1 Å². The van der Waals surface area contributed by atoms with Crippen molar-refractivity contribution in [2.24, 2.45) is 18.0 Å². The third-order valence-electron chi connectivity index (χ3n) is 11.0. The molecule has 0 radical (unpaired) electrons. The van der Waals surface area contributed by atoms with Crippen molar-refractivity contribution in [2.75, 3.05) is 15.8 Å². The number of ether oxygens (including phenoxy) is 1. The van der Waals surface area contributed by atoms with Crippen molar-refractivity contribution in [1.82, 2.24) is 25.0 Å². The van der Waals surface area contributed by atoms with Crippen molar-refractivity contribution in [3.63, 3.8) is 0 Å². The number of nitrogens with one attached hydrogen (secondary N) is 3. The Bertz CT molecular complexity index is 3000. The highest BCUT2D eigenvalue weighted by Gasteiger charge is 2.46. The first-order valence-electron chi connectivity index (χ1n) is 19.7. The number of amides is 5. The van der Waals surface area contributed by atoms with Gasteiger partial charge in [0.1, 0.15) is 35.2 Å². The van der Waals surface area contributed by atoms with E-state index in [1.54, 1.807) is 26.1 Å². The molecule has 4 heterocycles. The summed E-state index contributed by atoms with van der Waals surface area (Å²) in [7, 11) is -3.50. The average molecular weight is 896 g/mol. The van der Waals surface area contributed by atoms with Crippen LogP contribution >= 0.6 is 0 Å². The lowest BCUT2D eigenvalue weighted by atomic mass is 9.81. The number of imide groups is 2. The Kier molecular flexibility index (Phi) is 11.4. The lowest BCUT2D eigenvalue weighted by molar-refractivity contribution is -0.136. The average Bonchev–Trinajstić information content (AvgIpc) is 3.72. The molecule has 3 aromatic carbocycles. The van der Waals surface area contributed by atoms with Crippen LogP contribution in [0.2, 0.25) is 0 Å². The molecule has 5 N–H and O–H groups in total. The minimum Gasteiger partial charge on any atom is -0.484 e. The molecule has 0 bridgehead atoms. The summed E-state index contributed by atoms with van der Waals surface area (Å²) in [5.74, 6) is -2.32. The fraction of sp³-hybridized carbons (Fsp3) is 0.256. The number of aryl methyl sites for hydroxylation is 1. The molecule has 17 nitrogen and oxygen atoms in total. The van der Waals surface area contributed by atoms with Crippen LogP contribution in [0.1, 0.15) is 70.6 Å². The number of anilines is 3. The van der Waals surface area contributed by atoms with Crippen LogP contribution in [0.5, 0.6) is 5.75 Å². The van der Waals surface area contributed by atoms with Crippen LogP contribution in [-0.2, 0) is 31.5 Å². The van der Waals surface area contributed by atoms with Gasteiger partial charge in [0, 0.05) is 49.1 Å². The largest absolute Gasteiger partial charge is 0.484 e. The van der Waals surface area contributed by atoms with Gasteiger partial charge in [0.05, 0.1) is 33.3 Å².